The van der Waals surface area contributed by atoms with Gasteiger partial charge in [0.1, 0.15) is 11.3 Å². The molecular weight excluding hydrogens is 282 g/mol. The van der Waals surface area contributed by atoms with Crippen LogP contribution in [0.4, 0.5) is 4.79 Å². The number of benzene rings is 1. The van der Waals surface area contributed by atoms with E-state index in [2.05, 4.69) is 5.32 Å². The van der Waals surface area contributed by atoms with Crippen LogP contribution in [0.15, 0.2) is 18.2 Å². The number of nitrogens with zero attached hydrogens (tertiary/aromatic N) is 2. The Balaban J connectivity index is 2.42. The van der Waals surface area contributed by atoms with E-state index in [0.29, 0.717) is 6.42 Å². The maximum atomic E-state index is 12.7. The molecule has 1 unspecified atom stereocenters. The van der Waals surface area contributed by atoms with E-state index in [0.717, 1.165) is 21.8 Å². The van der Waals surface area contributed by atoms with Gasteiger partial charge >= 0.3 is 6.03 Å². The lowest BCUT2D eigenvalue weighted by Crippen LogP contribution is -2.43. The van der Waals surface area contributed by atoms with E-state index < -0.39 is 11.6 Å². The van der Waals surface area contributed by atoms with Crippen LogP contribution in [0.25, 0.3) is 0 Å². The Morgan fingerprint density at radius 1 is 1.41 bits per heavy atom. The molecule has 6 heteroatoms. The number of ether oxygens (including phenoxy) is 1. The fourth-order valence-corrected chi connectivity index (χ4v) is 2.77. The number of methoxy groups -OCH3 is 1. The largest absolute Gasteiger partial charge is 0.496 e. The van der Waals surface area contributed by atoms with Crippen molar-refractivity contribution in [1.29, 1.82) is 5.26 Å². The zero-order valence-corrected chi connectivity index (χ0v) is 13.0. The summed E-state index contributed by atoms with van der Waals surface area (Å²) < 4.78 is 5.23. The number of hydrogen-bond acceptors (Lipinski definition) is 4. The van der Waals surface area contributed by atoms with Gasteiger partial charge in [0.05, 0.1) is 19.6 Å². The summed E-state index contributed by atoms with van der Waals surface area (Å²) in [5.74, 6) is 0.424. The van der Waals surface area contributed by atoms with Crippen LogP contribution >= 0.6 is 0 Å². The summed E-state index contributed by atoms with van der Waals surface area (Å²) >= 11 is 0. The second-order valence-corrected chi connectivity index (χ2v) is 5.24. The molecule has 0 spiro atoms. The van der Waals surface area contributed by atoms with Gasteiger partial charge in [-0.25, -0.2) is 4.79 Å². The van der Waals surface area contributed by atoms with Crippen LogP contribution in [0.2, 0.25) is 0 Å². The highest BCUT2D eigenvalue weighted by molar-refractivity contribution is 6.07. The Morgan fingerprint density at radius 2 is 2.14 bits per heavy atom. The van der Waals surface area contributed by atoms with Gasteiger partial charge in [0.15, 0.2) is 0 Å². The Hall–Kier alpha value is -2.55. The van der Waals surface area contributed by atoms with Gasteiger partial charge in [0, 0.05) is 6.54 Å². The highest BCUT2D eigenvalue weighted by Gasteiger charge is 2.51. The van der Waals surface area contributed by atoms with Gasteiger partial charge in [-0.05, 0) is 36.6 Å². The molecule has 116 valence electrons. The predicted octanol–water partition coefficient (Wildman–Crippen LogP) is 2.07. The van der Waals surface area contributed by atoms with Gasteiger partial charge in [-0.2, -0.15) is 5.26 Å². The van der Waals surface area contributed by atoms with Gasteiger partial charge in [-0.1, -0.05) is 13.0 Å². The SMILES string of the molecule is CCC1(c2ccc(OC)c(C)c2)NC(=O)N(CCC#N)C1=O. The lowest BCUT2D eigenvalue weighted by Gasteiger charge is -2.26. The molecule has 0 aliphatic carbocycles. The summed E-state index contributed by atoms with van der Waals surface area (Å²) in [6.07, 6.45) is 0.562. The topological polar surface area (TPSA) is 82.4 Å². The molecule has 0 saturated carbocycles. The number of aryl methyl sites for hydroxylation is 1. The Morgan fingerprint density at radius 3 is 2.68 bits per heavy atom. The molecule has 0 bridgehead atoms. The molecule has 1 aliphatic heterocycles. The van der Waals surface area contributed by atoms with Crippen LogP contribution in [0.1, 0.15) is 30.9 Å². The van der Waals surface area contributed by atoms with Crippen molar-refractivity contribution in [2.24, 2.45) is 0 Å². The third-order valence-electron chi connectivity index (χ3n) is 4.04. The van der Waals surface area contributed by atoms with Crippen LogP contribution in [0, 0.1) is 18.3 Å². The van der Waals surface area contributed by atoms with E-state index in [-0.39, 0.29) is 18.9 Å². The van der Waals surface area contributed by atoms with E-state index in [1.165, 1.54) is 0 Å². The number of imide groups is 1. The lowest BCUT2D eigenvalue weighted by atomic mass is 9.86. The van der Waals surface area contributed by atoms with Crippen molar-refractivity contribution < 1.29 is 14.3 Å². The second kappa shape index (κ2) is 6.06. The van der Waals surface area contributed by atoms with Gasteiger partial charge in [0.25, 0.3) is 5.91 Å². The average molecular weight is 301 g/mol. The van der Waals surface area contributed by atoms with Crippen molar-refractivity contribution in [2.45, 2.75) is 32.2 Å². The van der Waals surface area contributed by atoms with Crippen molar-refractivity contribution in [3.8, 4) is 11.8 Å². The van der Waals surface area contributed by atoms with Crippen molar-refractivity contribution in [2.75, 3.05) is 13.7 Å². The molecule has 1 heterocycles. The molecule has 1 aliphatic rings. The maximum Gasteiger partial charge on any atom is 0.325 e. The molecule has 6 nitrogen and oxygen atoms in total. The number of carbonyl (C=O) groups excluding carboxylic acids is 2. The molecule has 1 fully saturated rings. The molecule has 2 rings (SSSR count). The first-order chi connectivity index (χ1) is 10.5. The highest BCUT2D eigenvalue weighted by Crippen LogP contribution is 2.34. The third-order valence-corrected chi connectivity index (χ3v) is 4.04. The monoisotopic (exact) mass is 301 g/mol. The van der Waals surface area contributed by atoms with Crippen LogP contribution in [0.3, 0.4) is 0 Å². The van der Waals surface area contributed by atoms with Crippen molar-refractivity contribution in [3.63, 3.8) is 0 Å². The molecular formula is C16H19N3O3. The molecule has 1 aromatic rings. The number of amides is 3. The average Bonchev–Trinajstić information content (AvgIpc) is 2.76. The first kappa shape index (κ1) is 15.8. The summed E-state index contributed by atoms with van der Waals surface area (Å²) in [6, 6.07) is 6.95. The van der Waals surface area contributed by atoms with Crippen molar-refractivity contribution in [3.05, 3.63) is 29.3 Å². The molecule has 3 amide bonds. The minimum Gasteiger partial charge on any atom is -0.496 e. The van der Waals surface area contributed by atoms with E-state index in [1.807, 2.05) is 26.0 Å². The normalized spacial score (nSPS) is 20.7. The summed E-state index contributed by atoms with van der Waals surface area (Å²) in [5.41, 5.74) is 0.556. The van der Waals surface area contributed by atoms with E-state index in [4.69, 9.17) is 10.00 Å². The number of hydrogen-bond donors (Lipinski definition) is 1. The van der Waals surface area contributed by atoms with Gasteiger partial charge in [-0.3, -0.25) is 9.69 Å². The quantitative estimate of drug-likeness (QED) is 0.844. The van der Waals surface area contributed by atoms with Gasteiger partial charge < -0.3 is 10.1 Å². The number of rotatable bonds is 5. The highest BCUT2D eigenvalue weighted by atomic mass is 16.5. The first-order valence-corrected chi connectivity index (χ1v) is 7.16. The van der Waals surface area contributed by atoms with Gasteiger partial charge in [0.2, 0.25) is 0 Å². The van der Waals surface area contributed by atoms with Crippen LogP contribution < -0.4 is 10.1 Å². The number of nitrogens with one attached hydrogen (secondary N) is 1. The number of nitriles is 1. The third kappa shape index (κ3) is 2.39. The van der Waals surface area contributed by atoms with E-state index in [1.54, 1.807) is 19.2 Å². The van der Waals surface area contributed by atoms with Gasteiger partial charge in [-0.15, -0.1) is 0 Å². The molecule has 1 N–H and O–H groups in total. The number of carbonyl (C=O) groups is 2. The fourth-order valence-electron chi connectivity index (χ4n) is 2.77. The molecule has 1 saturated heterocycles. The Bertz CT molecular complexity index is 651. The molecule has 22 heavy (non-hydrogen) atoms. The van der Waals surface area contributed by atoms with E-state index in [9.17, 15) is 9.59 Å². The predicted molar refractivity (Wildman–Crippen MR) is 80.2 cm³/mol. The van der Waals surface area contributed by atoms with Crippen LogP contribution in [0.5, 0.6) is 5.75 Å². The summed E-state index contributed by atoms with van der Waals surface area (Å²) in [7, 11) is 1.59. The summed E-state index contributed by atoms with van der Waals surface area (Å²) in [6.45, 7) is 3.85. The Labute approximate surface area is 129 Å². The standard InChI is InChI=1S/C16H19N3O3/c1-4-16(12-6-7-13(22-3)11(2)10-12)14(20)19(9-5-8-17)15(21)18-16/h6-7,10H,4-5,9H2,1-3H3,(H,18,21). The van der Waals surface area contributed by atoms with Crippen LogP contribution in [-0.2, 0) is 10.3 Å². The molecule has 0 aromatic heterocycles. The first-order valence-electron chi connectivity index (χ1n) is 7.16. The lowest BCUT2D eigenvalue weighted by molar-refractivity contribution is -0.131. The molecule has 1 atom stereocenters. The minimum atomic E-state index is -1.07. The zero-order chi connectivity index (χ0) is 16.3. The summed E-state index contributed by atoms with van der Waals surface area (Å²) in [4.78, 5) is 26.0. The second-order valence-electron chi connectivity index (χ2n) is 5.24. The summed E-state index contributed by atoms with van der Waals surface area (Å²) in [5, 5.41) is 11.5. The molecule has 1 aromatic carbocycles. The van der Waals surface area contributed by atoms with E-state index >= 15 is 0 Å². The Kier molecular flexibility index (Phi) is 4.36. The van der Waals surface area contributed by atoms with Crippen molar-refractivity contribution >= 4 is 11.9 Å². The van der Waals surface area contributed by atoms with Crippen LogP contribution in [-0.4, -0.2) is 30.5 Å². The van der Waals surface area contributed by atoms with Crippen molar-refractivity contribution in [1.82, 2.24) is 10.2 Å². The molecule has 0 radical (unpaired) electrons. The minimum absolute atomic E-state index is 0.109. The smallest absolute Gasteiger partial charge is 0.325 e. The zero-order valence-electron chi connectivity index (χ0n) is 13.0. The fraction of sp³-hybridized carbons (Fsp3) is 0.438. The maximum absolute atomic E-state index is 12.7. The number of urea groups is 1.